The molecule has 1 heterocycles. The molecule has 1 aromatic heterocycles. The lowest BCUT2D eigenvalue weighted by Crippen LogP contribution is -2.13. The maximum Gasteiger partial charge on any atom is 0.125 e. The Kier molecular flexibility index (Phi) is 4.47. The molecule has 1 aromatic carbocycles. The Balaban J connectivity index is 1.94. The fourth-order valence-corrected chi connectivity index (χ4v) is 1.94. The normalized spacial score (nSPS) is 12.2. The van der Waals surface area contributed by atoms with Crippen LogP contribution < -0.4 is 10.5 Å². The van der Waals surface area contributed by atoms with Crippen LogP contribution in [0.4, 0.5) is 0 Å². The summed E-state index contributed by atoms with van der Waals surface area (Å²) < 4.78 is 5.14. The summed E-state index contributed by atoms with van der Waals surface area (Å²) in [5, 5.41) is 0. The minimum atomic E-state index is -0.0520. The molecule has 0 aliphatic heterocycles. The maximum atomic E-state index is 6.15. The van der Waals surface area contributed by atoms with Gasteiger partial charge >= 0.3 is 0 Å². The molecule has 1 atom stereocenters. The molecule has 2 N–H and O–H groups in total. The van der Waals surface area contributed by atoms with Crippen molar-refractivity contribution < 1.29 is 4.74 Å². The quantitative estimate of drug-likeness (QED) is 0.893. The van der Waals surface area contributed by atoms with Crippen molar-refractivity contribution in [2.75, 3.05) is 7.11 Å². The smallest absolute Gasteiger partial charge is 0.125 e. The van der Waals surface area contributed by atoms with Gasteiger partial charge < -0.3 is 10.5 Å². The molecule has 0 bridgehead atoms. The van der Waals surface area contributed by atoms with Gasteiger partial charge in [-0.05, 0) is 43.5 Å². The van der Waals surface area contributed by atoms with Crippen molar-refractivity contribution in [3.8, 4) is 5.75 Å². The summed E-state index contributed by atoms with van der Waals surface area (Å²) in [5.74, 6) is 1.64. The predicted octanol–water partition coefficient (Wildman–Crippen LogP) is 2.43. The maximum absolute atomic E-state index is 6.15. The molecule has 0 saturated heterocycles. The predicted molar refractivity (Wildman–Crippen MR) is 75.0 cm³/mol. The zero-order valence-corrected chi connectivity index (χ0v) is 11.3. The average molecular weight is 257 g/mol. The zero-order chi connectivity index (χ0) is 13.7. The molecular formula is C15H19N3O. The number of aromatic nitrogens is 2. The SMILES string of the molecule is COc1ccc(CCC(N)c2ccnc(C)n2)cc1. The van der Waals surface area contributed by atoms with Crippen LogP contribution in [0.3, 0.4) is 0 Å². The van der Waals surface area contributed by atoms with Crippen molar-refractivity contribution >= 4 is 0 Å². The van der Waals surface area contributed by atoms with Gasteiger partial charge in [0.25, 0.3) is 0 Å². The van der Waals surface area contributed by atoms with Gasteiger partial charge in [-0.2, -0.15) is 0 Å². The van der Waals surface area contributed by atoms with Crippen LogP contribution in [0.5, 0.6) is 5.75 Å². The summed E-state index contributed by atoms with van der Waals surface area (Å²) in [6.07, 6.45) is 3.54. The van der Waals surface area contributed by atoms with Crippen LogP contribution in [-0.2, 0) is 6.42 Å². The van der Waals surface area contributed by atoms with E-state index < -0.39 is 0 Å². The minimum absolute atomic E-state index is 0.0520. The van der Waals surface area contributed by atoms with Gasteiger partial charge in [-0.25, -0.2) is 9.97 Å². The summed E-state index contributed by atoms with van der Waals surface area (Å²) in [7, 11) is 1.67. The van der Waals surface area contributed by atoms with E-state index in [0.29, 0.717) is 0 Å². The average Bonchev–Trinajstić information content (AvgIpc) is 2.45. The van der Waals surface area contributed by atoms with Gasteiger partial charge in [-0.15, -0.1) is 0 Å². The highest BCUT2D eigenvalue weighted by Crippen LogP contribution is 2.17. The highest BCUT2D eigenvalue weighted by atomic mass is 16.5. The number of hydrogen-bond donors (Lipinski definition) is 1. The molecule has 4 heteroatoms. The van der Waals surface area contributed by atoms with Crippen LogP contribution in [0, 0.1) is 6.92 Å². The Morgan fingerprint density at radius 2 is 1.95 bits per heavy atom. The number of ether oxygens (including phenoxy) is 1. The van der Waals surface area contributed by atoms with E-state index in [4.69, 9.17) is 10.5 Å². The summed E-state index contributed by atoms with van der Waals surface area (Å²) in [5.41, 5.74) is 8.31. The van der Waals surface area contributed by atoms with Gasteiger partial charge in [0.15, 0.2) is 0 Å². The number of rotatable bonds is 5. The molecule has 0 radical (unpaired) electrons. The van der Waals surface area contributed by atoms with E-state index in [2.05, 4.69) is 22.1 Å². The molecule has 100 valence electrons. The van der Waals surface area contributed by atoms with Gasteiger partial charge in [0.1, 0.15) is 11.6 Å². The lowest BCUT2D eigenvalue weighted by molar-refractivity contribution is 0.414. The first-order valence-electron chi connectivity index (χ1n) is 6.37. The van der Waals surface area contributed by atoms with Gasteiger partial charge in [0.05, 0.1) is 12.8 Å². The van der Waals surface area contributed by atoms with Crippen LogP contribution in [0.1, 0.15) is 29.5 Å². The van der Waals surface area contributed by atoms with E-state index in [1.54, 1.807) is 13.3 Å². The molecule has 0 aliphatic carbocycles. The van der Waals surface area contributed by atoms with Gasteiger partial charge in [-0.1, -0.05) is 12.1 Å². The monoisotopic (exact) mass is 257 g/mol. The van der Waals surface area contributed by atoms with Crippen molar-refractivity contribution in [3.63, 3.8) is 0 Å². The van der Waals surface area contributed by atoms with E-state index in [1.165, 1.54) is 5.56 Å². The molecule has 2 rings (SSSR count). The Labute approximate surface area is 113 Å². The first-order valence-corrected chi connectivity index (χ1v) is 6.37. The van der Waals surface area contributed by atoms with Crippen molar-refractivity contribution in [1.29, 1.82) is 0 Å². The van der Waals surface area contributed by atoms with Crippen LogP contribution in [0.2, 0.25) is 0 Å². The second kappa shape index (κ2) is 6.29. The number of aryl methyl sites for hydroxylation is 2. The summed E-state index contributed by atoms with van der Waals surface area (Å²) in [6.45, 7) is 1.87. The highest BCUT2D eigenvalue weighted by molar-refractivity contribution is 5.27. The number of hydrogen-bond acceptors (Lipinski definition) is 4. The fourth-order valence-electron chi connectivity index (χ4n) is 1.94. The first kappa shape index (κ1) is 13.5. The third kappa shape index (κ3) is 3.76. The molecule has 2 aromatic rings. The Morgan fingerprint density at radius 3 is 2.58 bits per heavy atom. The van der Waals surface area contributed by atoms with E-state index in [-0.39, 0.29) is 6.04 Å². The topological polar surface area (TPSA) is 61.0 Å². The van der Waals surface area contributed by atoms with Crippen molar-refractivity contribution in [2.24, 2.45) is 5.73 Å². The molecule has 1 unspecified atom stereocenters. The fraction of sp³-hybridized carbons (Fsp3) is 0.333. The molecule has 4 nitrogen and oxygen atoms in total. The van der Waals surface area contributed by atoms with E-state index in [0.717, 1.165) is 30.1 Å². The molecule has 0 fully saturated rings. The number of nitrogens with zero attached hydrogens (tertiary/aromatic N) is 2. The summed E-state index contributed by atoms with van der Waals surface area (Å²) in [6, 6.07) is 9.90. The number of nitrogens with two attached hydrogens (primary N) is 1. The second-order valence-corrected chi connectivity index (χ2v) is 4.52. The number of benzene rings is 1. The largest absolute Gasteiger partial charge is 0.497 e. The summed E-state index contributed by atoms with van der Waals surface area (Å²) in [4.78, 5) is 8.44. The van der Waals surface area contributed by atoms with E-state index >= 15 is 0 Å². The molecular weight excluding hydrogens is 238 g/mol. The van der Waals surface area contributed by atoms with Crippen LogP contribution in [0.15, 0.2) is 36.5 Å². The van der Waals surface area contributed by atoms with Gasteiger partial charge in [0, 0.05) is 12.2 Å². The molecule has 19 heavy (non-hydrogen) atoms. The molecule has 0 amide bonds. The van der Waals surface area contributed by atoms with E-state index in [1.807, 2.05) is 25.1 Å². The molecule has 0 saturated carbocycles. The standard InChI is InChI=1S/C15H19N3O/c1-11-17-10-9-15(18-11)14(16)8-5-12-3-6-13(19-2)7-4-12/h3-4,6-7,9-10,14H,5,8,16H2,1-2H3. The Hall–Kier alpha value is -1.94. The van der Waals surface area contributed by atoms with Gasteiger partial charge in [-0.3, -0.25) is 0 Å². The lowest BCUT2D eigenvalue weighted by Gasteiger charge is -2.11. The van der Waals surface area contributed by atoms with Crippen LogP contribution in [-0.4, -0.2) is 17.1 Å². The lowest BCUT2D eigenvalue weighted by atomic mass is 10.0. The molecule has 0 spiro atoms. The van der Waals surface area contributed by atoms with Crippen molar-refractivity contribution in [1.82, 2.24) is 9.97 Å². The van der Waals surface area contributed by atoms with Crippen LogP contribution in [0.25, 0.3) is 0 Å². The third-order valence-corrected chi connectivity index (χ3v) is 3.08. The minimum Gasteiger partial charge on any atom is -0.497 e. The highest BCUT2D eigenvalue weighted by Gasteiger charge is 2.08. The zero-order valence-electron chi connectivity index (χ0n) is 11.3. The Morgan fingerprint density at radius 1 is 1.21 bits per heavy atom. The third-order valence-electron chi connectivity index (χ3n) is 3.08. The van der Waals surface area contributed by atoms with Crippen molar-refractivity contribution in [3.05, 3.63) is 53.6 Å². The first-order chi connectivity index (χ1) is 9.19. The van der Waals surface area contributed by atoms with Crippen molar-refractivity contribution in [2.45, 2.75) is 25.8 Å². The summed E-state index contributed by atoms with van der Waals surface area (Å²) >= 11 is 0. The van der Waals surface area contributed by atoms with Gasteiger partial charge in [0.2, 0.25) is 0 Å². The number of methoxy groups -OCH3 is 1. The molecule has 0 aliphatic rings. The Bertz CT molecular complexity index is 525. The van der Waals surface area contributed by atoms with Crippen LogP contribution >= 0.6 is 0 Å². The van der Waals surface area contributed by atoms with E-state index in [9.17, 15) is 0 Å². The second-order valence-electron chi connectivity index (χ2n) is 4.52.